The molecule has 0 unspecified atom stereocenters. The van der Waals surface area contributed by atoms with E-state index in [1.54, 1.807) is 0 Å². The lowest BCUT2D eigenvalue weighted by atomic mass is 9.85. The van der Waals surface area contributed by atoms with Crippen LogP contribution in [0.15, 0.2) is 0 Å². The van der Waals surface area contributed by atoms with E-state index < -0.39 is 0 Å². The molecule has 0 aliphatic heterocycles. The Morgan fingerprint density at radius 1 is 0.929 bits per heavy atom. The van der Waals surface area contributed by atoms with Gasteiger partial charge in [0.2, 0.25) is 0 Å². The molecule has 0 aromatic carbocycles. The van der Waals surface area contributed by atoms with Crippen LogP contribution in [0.25, 0.3) is 0 Å². The molecule has 0 heterocycles. The molecule has 0 saturated heterocycles. The van der Waals surface area contributed by atoms with Crippen LogP contribution in [0.4, 0.5) is 0 Å². The van der Waals surface area contributed by atoms with Gasteiger partial charge in [-0.1, -0.05) is 57.8 Å². The van der Waals surface area contributed by atoms with Gasteiger partial charge in [-0.15, -0.1) is 0 Å². The van der Waals surface area contributed by atoms with Crippen molar-refractivity contribution in [3.05, 3.63) is 0 Å². The van der Waals surface area contributed by atoms with Crippen LogP contribution < -0.4 is 11.5 Å². The highest BCUT2D eigenvalue weighted by molar-refractivity contribution is 4.65. The van der Waals surface area contributed by atoms with Crippen molar-refractivity contribution in [2.24, 2.45) is 17.4 Å². The van der Waals surface area contributed by atoms with E-state index in [4.69, 9.17) is 11.5 Å². The van der Waals surface area contributed by atoms with Gasteiger partial charge in [-0.25, -0.2) is 0 Å². The number of nitrogens with two attached hydrogens (primary N) is 2. The summed E-state index contributed by atoms with van der Waals surface area (Å²) in [6.07, 6.45) is 13.6. The second kappa shape index (κ2) is 7.24. The van der Waals surface area contributed by atoms with Gasteiger partial charge in [0.15, 0.2) is 0 Å². The van der Waals surface area contributed by atoms with Crippen molar-refractivity contribution in [3.8, 4) is 0 Å². The van der Waals surface area contributed by atoms with Gasteiger partial charge < -0.3 is 11.5 Å². The third-order valence-electron chi connectivity index (χ3n) is 3.37. The molecule has 1 aliphatic rings. The average molecular weight is 198 g/mol. The third kappa shape index (κ3) is 5.61. The SMILES string of the molecule is NC(N)CCCCCC1CCCCC1. The smallest absolute Gasteiger partial charge is 0.0520 e. The van der Waals surface area contributed by atoms with Crippen molar-refractivity contribution < 1.29 is 0 Å². The van der Waals surface area contributed by atoms with Crippen molar-refractivity contribution in [1.82, 2.24) is 0 Å². The quantitative estimate of drug-likeness (QED) is 0.509. The molecule has 1 rings (SSSR count). The normalized spacial score (nSPS) is 19.1. The van der Waals surface area contributed by atoms with E-state index in [2.05, 4.69) is 0 Å². The van der Waals surface area contributed by atoms with Crippen LogP contribution in [0.1, 0.15) is 64.2 Å². The fraction of sp³-hybridized carbons (Fsp3) is 1.00. The van der Waals surface area contributed by atoms with Crippen LogP contribution in [0.5, 0.6) is 0 Å². The van der Waals surface area contributed by atoms with E-state index in [-0.39, 0.29) is 6.17 Å². The minimum absolute atomic E-state index is 0.0929. The topological polar surface area (TPSA) is 52.0 Å². The molecule has 1 aliphatic carbocycles. The van der Waals surface area contributed by atoms with E-state index >= 15 is 0 Å². The first-order chi connectivity index (χ1) is 6.79. The Balaban J connectivity index is 1.87. The first-order valence-corrected chi connectivity index (χ1v) is 6.30. The van der Waals surface area contributed by atoms with Crippen LogP contribution >= 0.6 is 0 Å². The van der Waals surface area contributed by atoms with Gasteiger partial charge in [0.25, 0.3) is 0 Å². The standard InChI is InChI=1S/C12H26N2/c13-12(14)10-6-2-5-9-11-7-3-1-4-8-11/h11-12H,1-10,13-14H2. The lowest BCUT2D eigenvalue weighted by molar-refractivity contribution is 0.327. The van der Waals surface area contributed by atoms with Crippen molar-refractivity contribution >= 4 is 0 Å². The average Bonchev–Trinajstić information content (AvgIpc) is 2.18. The fourth-order valence-electron chi connectivity index (χ4n) is 2.47. The second-order valence-electron chi connectivity index (χ2n) is 4.81. The summed E-state index contributed by atoms with van der Waals surface area (Å²) in [7, 11) is 0. The van der Waals surface area contributed by atoms with E-state index in [0.717, 1.165) is 12.3 Å². The van der Waals surface area contributed by atoms with Gasteiger partial charge in [0, 0.05) is 0 Å². The van der Waals surface area contributed by atoms with Gasteiger partial charge in [0.05, 0.1) is 6.17 Å². The predicted molar refractivity (Wildman–Crippen MR) is 61.8 cm³/mol. The second-order valence-corrected chi connectivity index (χ2v) is 4.81. The molecule has 14 heavy (non-hydrogen) atoms. The van der Waals surface area contributed by atoms with Gasteiger partial charge >= 0.3 is 0 Å². The van der Waals surface area contributed by atoms with Crippen LogP contribution in [0.2, 0.25) is 0 Å². The van der Waals surface area contributed by atoms with E-state index in [9.17, 15) is 0 Å². The molecule has 0 aromatic heterocycles. The summed E-state index contributed by atoms with van der Waals surface area (Å²) in [6.45, 7) is 0. The van der Waals surface area contributed by atoms with E-state index in [1.807, 2.05) is 0 Å². The number of hydrogen-bond acceptors (Lipinski definition) is 2. The van der Waals surface area contributed by atoms with Gasteiger partial charge in [-0.3, -0.25) is 0 Å². The van der Waals surface area contributed by atoms with E-state index in [0.29, 0.717) is 0 Å². The number of hydrogen-bond donors (Lipinski definition) is 2. The third-order valence-corrected chi connectivity index (χ3v) is 3.37. The molecule has 0 amide bonds. The largest absolute Gasteiger partial charge is 0.316 e. The molecule has 0 aromatic rings. The molecule has 2 heteroatoms. The van der Waals surface area contributed by atoms with Crippen molar-refractivity contribution in [3.63, 3.8) is 0 Å². The predicted octanol–water partition coefficient (Wildman–Crippen LogP) is 2.76. The Labute approximate surface area is 88.4 Å². The molecule has 0 spiro atoms. The zero-order valence-corrected chi connectivity index (χ0v) is 9.38. The lowest BCUT2D eigenvalue weighted by Crippen LogP contribution is -2.29. The van der Waals surface area contributed by atoms with E-state index in [1.165, 1.54) is 57.8 Å². The van der Waals surface area contributed by atoms with Crippen LogP contribution in [0, 0.1) is 5.92 Å². The van der Waals surface area contributed by atoms with Crippen LogP contribution in [-0.2, 0) is 0 Å². The molecular weight excluding hydrogens is 172 g/mol. The maximum atomic E-state index is 5.50. The monoisotopic (exact) mass is 198 g/mol. The molecule has 0 radical (unpaired) electrons. The molecule has 4 N–H and O–H groups in total. The summed E-state index contributed by atoms with van der Waals surface area (Å²) in [5, 5.41) is 0. The first-order valence-electron chi connectivity index (χ1n) is 6.30. The Bertz CT molecular complexity index is 128. The maximum Gasteiger partial charge on any atom is 0.0520 e. The van der Waals surface area contributed by atoms with Gasteiger partial charge in [0.1, 0.15) is 0 Å². The molecule has 2 nitrogen and oxygen atoms in total. The highest BCUT2D eigenvalue weighted by Crippen LogP contribution is 2.27. The Morgan fingerprint density at radius 3 is 2.29 bits per heavy atom. The Hall–Kier alpha value is -0.0800. The van der Waals surface area contributed by atoms with Crippen LogP contribution in [0.3, 0.4) is 0 Å². The molecular formula is C12H26N2. The number of rotatable bonds is 6. The molecule has 0 atom stereocenters. The highest BCUT2D eigenvalue weighted by Gasteiger charge is 2.12. The summed E-state index contributed by atoms with van der Waals surface area (Å²) in [5.74, 6) is 1.04. The van der Waals surface area contributed by atoms with Crippen molar-refractivity contribution in [2.75, 3.05) is 0 Å². The minimum Gasteiger partial charge on any atom is -0.316 e. The van der Waals surface area contributed by atoms with Crippen LogP contribution in [-0.4, -0.2) is 6.17 Å². The summed E-state index contributed by atoms with van der Waals surface area (Å²) in [5.41, 5.74) is 11.0. The fourth-order valence-corrected chi connectivity index (χ4v) is 2.47. The van der Waals surface area contributed by atoms with Gasteiger partial charge in [-0.05, 0) is 12.3 Å². The summed E-state index contributed by atoms with van der Waals surface area (Å²) < 4.78 is 0. The molecule has 0 bridgehead atoms. The minimum atomic E-state index is -0.0929. The molecule has 1 saturated carbocycles. The highest BCUT2D eigenvalue weighted by atomic mass is 14.8. The van der Waals surface area contributed by atoms with Crippen molar-refractivity contribution in [2.45, 2.75) is 70.4 Å². The zero-order chi connectivity index (χ0) is 10.2. The zero-order valence-electron chi connectivity index (χ0n) is 9.38. The Morgan fingerprint density at radius 2 is 1.64 bits per heavy atom. The summed E-state index contributed by atoms with van der Waals surface area (Å²) in [6, 6.07) is 0. The van der Waals surface area contributed by atoms with Crippen molar-refractivity contribution in [1.29, 1.82) is 0 Å². The van der Waals surface area contributed by atoms with Gasteiger partial charge in [-0.2, -0.15) is 0 Å². The first kappa shape index (κ1) is 12.0. The molecule has 84 valence electrons. The maximum absolute atomic E-state index is 5.50. The summed E-state index contributed by atoms with van der Waals surface area (Å²) in [4.78, 5) is 0. The summed E-state index contributed by atoms with van der Waals surface area (Å²) >= 11 is 0. The lowest BCUT2D eigenvalue weighted by Gasteiger charge is -2.21. The number of unbranched alkanes of at least 4 members (excludes halogenated alkanes) is 2. The molecule has 1 fully saturated rings. The Kier molecular flexibility index (Phi) is 6.20.